The number of thiophene rings is 1. The summed E-state index contributed by atoms with van der Waals surface area (Å²) in [6, 6.07) is 5.27. The van der Waals surface area contributed by atoms with Crippen LogP contribution >= 0.6 is 11.3 Å². The van der Waals surface area contributed by atoms with Gasteiger partial charge in [-0.3, -0.25) is 4.79 Å². The van der Waals surface area contributed by atoms with Crippen molar-refractivity contribution in [2.45, 2.75) is 6.92 Å². The third-order valence-electron chi connectivity index (χ3n) is 1.48. The van der Waals surface area contributed by atoms with Crippen LogP contribution in [0, 0.1) is 11.3 Å². The highest BCUT2D eigenvalue weighted by atomic mass is 32.1. The smallest absolute Gasteiger partial charge is 0.216 e. The van der Waals surface area contributed by atoms with E-state index in [0.29, 0.717) is 11.5 Å². The van der Waals surface area contributed by atoms with Crippen molar-refractivity contribution in [1.29, 1.82) is 5.26 Å². The van der Waals surface area contributed by atoms with E-state index < -0.39 is 0 Å². The molecular formula is C10H9NO2S. The lowest BCUT2D eigenvalue weighted by atomic mass is 10.2. The maximum atomic E-state index is 11.6. The van der Waals surface area contributed by atoms with E-state index in [1.807, 2.05) is 6.07 Å². The molecule has 0 aliphatic rings. The van der Waals surface area contributed by atoms with Gasteiger partial charge in [-0.1, -0.05) is 6.07 Å². The average molecular weight is 207 g/mol. The van der Waals surface area contributed by atoms with Crippen molar-refractivity contribution in [2.75, 3.05) is 6.61 Å². The summed E-state index contributed by atoms with van der Waals surface area (Å²) in [4.78, 5) is 12.1. The standard InChI is InChI=1S/C10H9NO2S/c1-2-13-7-8(6-11)10(12)9-4-3-5-14-9/h3-5,7H,2H2,1H3/b8-7+. The molecule has 0 atom stereocenters. The normalized spacial score (nSPS) is 10.7. The first-order valence-electron chi connectivity index (χ1n) is 4.09. The number of ketones is 1. The maximum absolute atomic E-state index is 11.6. The van der Waals surface area contributed by atoms with Crippen LogP contribution < -0.4 is 0 Å². The van der Waals surface area contributed by atoms with E-state index in [1.165, 1.54) is 17.6 Å². The number of hydrogen-bond donors (Lipinski definition) is 0. The second-order valence-electron chi connectivity index (χ2n) is 2.41. The Labute approximate surface area is 86.2 Å². The molecule has 0 saturated heterocycles. The third-order valence-corrected chi connectivity index (χ3v) is 2.35. The molecule has 14 heavy (non-hydrogen) atoms. The minimum absolute atomic E-state index is 0.0364. The van der Waals surface area contributed by atoms with E-state index in [4.69, 9.17) is 10.00 Å². The molecule has 0 radical (unpaired) electrons. The van der Waals surface area contributed by atoms with E-state index in [2.05, 4.69) is 0 Å². The first kappa shape index (κ1) is 10.5. The van der Waals surface area contributed by atoms with Gasteiger partial charge in [-0.2, -0.15) is 5.26 Å². The van der Waals surface area contributed by atoms with Crippen LogP contribution in [0.3, 0.4) is 0 Å². The number of nitriles is 1. The zero-order chi connectivity index (χ0) is 10.4. The van der Waals surface area contributed by atoms with Crippen molar-refractivity contribution < 1.29 is 9.53 Å². The molecule has 1 aromatic heterocycles. The number of hydrogen-bond acceptors (Lipinski definition) is 4. The number of nitrogens with zero attached hydrogens (tertiary/aromatic N) is 1. The first-order chi connectivity index (χ1) is 6.79. The quantitative estimate of drug-likeness (QED) is 0.329. The van der Waals surface area contributed by atoms with Crippen LogP contribution in [0.5, 0.6) is 0 Å². The lowest BCUT2D eigenvalue weighted by Gasteiger charge is -1.96. The first-order valence-corrected chi connectivity index (χ1v) is 4.97. The molecule has 72 valence electrons. The predicted molar refractivity (Wildman–Crippen MR) is 54.0 cm³/mol. The summed E-state index contributed by atoms with van der Waals surface area (Å²) in [5.74, 6) is -0.282. The van der Waals surface area contributed by atoms with Crippen LogP contribution in [0.1, 0.15) is 16.6 Å². The maximum Gasteiger partial charge on any atom is 0.216 e. The fourth-order valence-electron chi connectivity index (χ4n) is 0.838. The Balaban J connectivity index is 2.83. The molecule has 0 saturated carbocycles. The Morgan fingerprint density at radius 3 is 3.07 bits per heavy atom. The number of ether oxygens (including phenoxy) is 1. The molecular weight excluding hydrogens is 198 g/mol. The molecule has 0 aromatic carbocycles. The van der Waals surface area contributed by atoms with Gasteiger partial charge in [0.1, 0.15) is 17.9 Å². The molecule has 1 rings (SSSR count). The molecule has 3 nitrogen and oxygen atoms in total. The zero-order valence-electron chi connectivity index (χ0n) is 7.69. The fourth-order valence-corrected chi connectivity index (χ4v) is 1.52. The summed E-state index contributed by atoms with van der Waals surface area (Å²) in [7, 11) is 0. The Morgan fingerprint density at radius 1 is 1.79 bits per heavy atom. The Morgan fingerprint density at radius 2 is 2.57 bits per heavy atom. The van der Waals surface area contributed by atoms with Gasteiger partial charge < -0.3 is 4.74 Å². The summed E-state index contributed by atoms with van der Waals surface area (Å²) in [5, 5.41) is 10.5. The zero-order valence-corrected chi connectivity index (χ0v) is 8.50. The molecule has 4 heteroatoms. The topological polar surface area (TPSA) is 50.1 Å². The van der Waals surface area contributed by atoms with Gasteiger partial charge in [0.25, 0.3) is 0 Å². The van der Waals surface area contributed by atoms with Crippen LogP contribution in [0.15, 0.2) is 29.3 Å². The molecule has 0 spiro atoms. The van der Waals surface area contributed by atoms with E-state index >= 15 is 0 Å². The van der Waals surface area contributed by atoms with Gasteiger partial charge in [0.2, 0.25) is 5.78 Å². The van der Waals surface area contributed by atoms with E-state index in [1.54, 1.807) is 24.4 Å². The Hall–Kier alpha value is -1.60. The molecule has 0 bridgehead atoms. The van der Waals surface area contributed by atoms with Gasteiger partial charge in [-0.15, -0.1) is 11.3 Å². The average Bonchev–Trinajstić information content (AvgIpc) is 2.71. The van der Waals surface area contributed by atoms with Gasteiger partial charge in [-0.25, -0.2) is 0 Å². The van der Waals surface area contributed by atoms with E-state index in [0.717, 1.165) is 0 Å². The number of rotatable bonds is 4. The second kappa shape index (κ2) is 5.20. The van der Waals surface area contributed by atoms with Crippen molar-refractivity contribution in [3.63, 3.8) is 0 Å². The van der Waals surface area contributed by atoms with E-state index in [9.17, 15) is 4.79 Å². The van der Waals surface area contributed by atoms with Crippen molar-refractivity contribution >= 4 is 17.1 Å². The van der Waals surface area contributed by atoms with E-state index in [-0.39, 0.29) is 11.4 Å². The SMILES string of the molecule is CCO/C=C(\C#N)C(=O)c1cccs1. The number of carbonyl (C=O) groups excluding carboxylic acids is 1. The van der Waals surface area contributed by atoms with Gasteiger partial charge in [0.15, 0.2) is 0 Å². The summed E-state index contributed by atoms with van der Waals surface area (Å²) in [6.45, 7) is 2.24. The second-order valence-corrected chi connectivity index (χ2v) is 3.35. The summed E-state index contributed by atoms with van der Waals surface area (Å²) in [5.41, 5.74) is 0.0364. The van der Waals surface area contributed by atoms with Gasteiger partial charge in [0, 0.05) is 0 Å². The lowest BCUT2D eigenvalue weighted by molar-refractivity contribution is 0.103. The summed E-state index contributed by atoms with van der Waals surface area (Å²) in [6.07, 6.45) is 1.21. The molecule has 0 amide bonds. The highest BCUT2D eigenvalue weighted by Gasteiger charge is 2.12. The van der Waals surface area contributed by atoms with Crippen LogP contribution in [0.4, 0.5) is 0 Å². The molecule has 1 heterocycles. The Kier molecular flexibility index (Phi) is 3.89. The molecule has 1 aromatic rings. The minimum Gasteiger partial charge on any atom is -0.500 e. The summed E-state index contributed by atoms with van der Waals surface area (Å²) >= 11 is 1.31. The molecule has 0 aliphatic carbocycles. The largest absolute Gasteiger partial charge is 0.500 e. The molecule has 0 fully saturated rings. The van der Waals surface area contributed by atoms with Crippen molar-refractivity contribution in [3.8, 4) is 6.07 Å². The molecule has 0 N–H and O–H groups in total. The highest BCUT2D eigenvalue weighted by molar-refractivity contribution is 7.12. The van der Waals surface area contributed by atoms with Crippen molar-refractivity contribution in [2.24, 2.45) is 0 Å². The van der Waals surface area contributed by atoms with Crippen molar-refractivity contribution in [1.82, 2.24) is 0 Å². The number of allylic oxidation sites excluding steroid dienone is 1. The van der Waals surface area contributed by atoms with Crippen LogP contribution in [-0.2, 0) is 4.74 Å². The van der Waals surface area contributed by atoms with Gasteiger partial charge >= 0.3 is 0 Å². The lowest BCUT2D eigenvalue weighted by Crippen LogP contribution is -2.00. The monoisotopic (exact) mass is 207 g/mol. The van der Waals surface area contributed by atoms with Crippen molar-refractivity contribution in [3.05, 3.63) is 34.2 Å². The highest BCUT2D eigenvalue weighted by Crippen LogP contribution is 2.13. The van der Waals surface area contributed by atoms with Crippen LogP contribution in [-0.4, -0.2) is 12.4 Å². The van der Waals surface area contributed by atoms with Gasteiger partial charge in [-0.05, 0) is 18.4 Å². The summed E-state index contributed by atoms with van der Waals surface area (Å²) < 4.78 is 4.90. The number of carbonyl (C=O) groups is 1. The molecule has 0 aliphatic heterocycles. The fraction of sp³-hybridized carbons (Fsp3) is 0.200. The third kappa shape index (κ3) is 2.44. The van der Waals surface area contributed by atoms with Crippen LogP contribution in [0.25, 0.3) is 0 Å². The minimum atomic E-state index is -0.282. The predicted octanol–water partition coefficient (Wildman–Crippen LogP) is 2.37. The Bertz CT molecular complexity index is 373. The molecule has 0 unspecified atom stereocenters. The van der Waals surface area contributed by atoms with Gasteiger partial charge in [0.05, 0.1) is 11.5 Å². The van der Waals surface area contributed by atoms with Crippen LogP contribution in [0.2, 0.25) is 0 Å². The number of Topliss-reactive ketones (excluding diaryl/α,β-unsaturated/α-hetero) is 1.